The Morgan fingerprint density at radius 2 is 2.06 bits per heavy atom. The molecule has 1 aliphatic heterocycles. The lowest BCUT2D eigenvalue weighted by Gasteiger charge is -2.09. The van der Waals surface area contributed by atoms with Crippen LogP contribution in [0.15, 0.2) is 23.2 Å². The Morgan fingerprint density at radius 3 is 2.88 bits per heavy atom. The predicted octanol–water partition coefficient (Wildman–Crippen LogP) is 4.66. The molecule has 0 bridgehead atoms. The van der Waals surface area contributed by atoms with E-state index in [2.05, 4.69) is 32.3 Å². The molecule has 1 aliphatic rings. The van der Waals surface area contributed by atoms with Gasteiger partial charge in [0, 0.05) is 11.5 Å². The minimum Gasteiger partial charge on any atom is -0.357 e. The van der Waals surface area contributed by atoms with Crippen molar-refractivity contribution in [1.82, 2.24) is 4.98 Å². The lowest BCUT2D eigenvalue weighted by Crippen LogP contribution is -2.09. The molecule has 2 heterocycles. The second-order valence-corrected chi connectivity index (χ2v) is 6.38. The van der Waals surface area contributed by atoms with E-state index in [1.807, 2.05) is 24.0 Å². The number of rotatable bonds is 7. The van der Waals surface area contributed by atoms with Gasteiger partial charge in [0.1, 0.15) is 5.82 Å². The first kappa shape index (κ1) is 13.2. The number of pyridine rings is 1. The Morgan fingerprint density at radius 1 is 1.24 bits per heavy atom. The van der Waals surface area contributed by atoms with Crippen molar-refractivity contribution in [3.63, 3.8) is 0 Å². The average Bonchev–Trinajstić information content (AvgIpc) is 2.76. The highest BCUT2D eigenvalue weighted by atomic mass is 79.9. The Kier molecular flexibility index (Phi) is 5.65. The van der Waals surface area contributed by atoms with Crippen LogP contribution in [0.2, 0.25) is 0 Å². The second kappa shape index (κ2) is 7.27. The maximum atomic E-state index is 4.34. The molecular weight excluding hydrogens is 296 g/mol. The number of alkyl halides is 1. The summed E-state index contributed by atoms with van der Waals surface area (Å²) in [4.78, 5) is 5.64. The number of nitrogens with one attached hydrogen (secondary N) is 1. The third kappa shape index (κ3) is 4.18. The largest absolute Gasteiger partial charge is 0.357 e. The van der Waals surface area contributed by atoms with Crippen molar-refractivity contribution in [3.05, 3.63) is 18.3 Å². The van der Waals surface area contributed by atoms with Crippen molar-refractivity contribution >= 4 is 33.5 Å². The van der Waals surface area contributed by atoms with Gasteiger partial charge < -0.3 is 5.32 Å². The normalized spacial score (nSPS) is 17.8. The van der Waals surface area contributed by atoms with Gasteiger partial charge in [-0.25, -0.2) is 4.98 Å². The molecule has 0 fully saturated rings. The topological polar surface area (TPSA) is 24.9 Å². The molecule has 0 amide bonds. The van der Waals surface area contributed by atoms with Crippen molar-refractivity contribution in [2.24, 2.45) is 0 Å². The lowest BCUT2D eigenvalue weighted by molar-refractivity contribution is 0.612. The molecule has 0 spiro atoms. The fourth-order valence-electron chi connectivity index (χ4n) is 2.01. The first-order valence-electron chi connectivity index (χ1n) is 6.34. The van der Waals surface area contributed by atoms with E-state index in [-0.39, 0.29) is 0 Å². The summed E-state index contributed by atoms with van der Waals surface area (Å²) in [5, 5.41) is 5.17. The molecule has 1 aromatic heterocycles. The third-order valence-corrected chi connectivity index (χ3v) is 4.72. The molecule has 4 heteroatoms. The molecule has 2 rings (SSSR count). The highest BCUT2D eigenvalue weighted by molar-refractivity contribution is 9.09. The van der Waals surface area contributed by atoms with Gasteiger partial charge in [-0.1, -0.05) is 53.4 Å². The number of fused-ring (bicyclic) bond motifs is 1. The first-order chi connectivity index (χ1) is 8.40. The van der Waals surface area contributed by atoms with Crippen molar-refractivity contribution in [2.75, 3.05) is 10.6 Å². The Balaban J connectivity index is 1.60. The zero-order valence-corrected chi connectivity index (χ0v) is 12.4. The van der Waals surface area contributed by atoms with Gasteiger partial charge in [0.05, 0.1) is 10.3 Å². The zero-order chi connectivity index (χ0) is 11.9. The van der Waals surface area contributed by atoms with Gasteiger partial charge in [-0.3, -0.25) is 0 Å². The first-order valence-corrected chi connectivity index (χ1v) is 8.34. The molecule has 0 saturated heterocycles. The number of unbranched alkanes of at least 4 members (excludes halogenated alkanes) is 4. The van der Waals surface area contributed by atoms with Gasteiger partial charge in [0.25, 0.3) is 0 Å². The standard InChI is InChI=1S/C13H19BrN2S/c14-9-5-3-1-2-4-8-12-16-13-11(17-12)7-6-10-15-13/h6-7,10,12H,1-5,8-9H2,(H,15,16). The fraction of sp³-hybridized carbons (Fsp3) is 0.615. The van der Waals surface area contributed by atoms with Crippen LogP contribution in [0.5, 0.6) is 0 Å². The number of nitrogens with zero attached hydrogens (tertiary/aromatic N) is 1. The molecule has 94 valence electrons. The van der Waals surface area contributed by atoms with E-state index in [1.165, 1.54) is 43.4 Å². The summed E-state index contributed by atoms with van der Waals surface area (Å²) in [6, 6.07) is 4.16. The quantitative estimate of drug-likeness (QED) is 0.585. The van der Waals surface area contributed by atoms with E-state index >= 15 is 0 Å². The Hall–Kier alpha value is -0.220. The summed E-state index contributed by atoms with van der Waals surface area (Å²) < 4.78 is 0. The van der Waals surface area contributed by atoms with Gasteiger partial charge in [-0.2, -0.15) is 0 Å². The van der Waals surface area contributed by atoms with Crippen LogP contribution < -0.4 is 5.32 Å². The van der Waals surface area contributed by atoms with Gasteiger partial charge in [0.2, 0.25) is 0 Å². The maximum Gasteiger partial charge on any atom is 0.140 e. The molecule has 2 nitrogen and oxygen atoms in total. The van der Waals surface area contributed by atoms with Crippen LogP contribution in [0.3, 0.4) is 0 Å². The van der Waals surface area contributed by atoms with E-state index in [0.29, 0.717) is 5.37 Å². The number of aromatic nitrogens is 1. The molecule has 0 aromatic carbocycles. The SMILES string of the molecule is BrCCCCCCCC1Nc2ncccc2S1. The molecule has 1 N–H and O–H groups in total. The van der Waals surface area contributed by atoms with Gasteiger partial charge in [-0.05, 0) is 25.0 Å². The summed E-state index contributed by atoms with van der Waals surface area (Å²) in [7, 11) is 0. The minimum absolute atomic E-state index is 0.538. The molecule has 0 saturated carbocycles. The van der Waals surface area contributed by atoms with Crippen LogP contribution in [0.1, 0.15) is 38.5 Å². The smallest absolute Gasteiger partial charge is 0.140 e. The average molecular weight is 315 g/mol. The van der Waals surface area contributed by atoms with Crippen LogP contribution in [0, 0.1) is 0 Å². The third-order valence-electron chi connectivity index (χ3n) is 2.94. The van der Waals surface area contributed by atoms with Gasteiger partial charge >= 0.3 is 0 Å². The molecule has 1 aromatic rings. The second-order valence-electron chi connectivity index (χ2n) is 4.35. The van der Waals surface area contributed by atoms with Crippen LogP contribution in [-0.2, 0) is 0 Å². The highest BCUT2D eigenvalue weighted by Gasteiger charge is 2.20. The van der Waals surface area contributed by atoms with Crippen LogP contribution in [-0.4, -0.2) is 15.7 Å². The zero-order valence-electron chi connectivity index (χ0n) is 9.99. The molecule has 17 heavy (non-hydrogen) atoms. The van der Waals surface area contributed by atoms with Crippen molar-refractivity contribution in [1.29, 1.82) is 0 Å². The summed E-state index contributed by atoms with van der Waals surface area (Å²) in [5.41, 5.74) is 0. The fourth-order valence-corrected chi connectivity index (χ4v) is 3.55. The highest BCUT2D eigenvalue weighted by Crippen LogP contribution is 2.38. The maximum absolute atomic E-state index is 4.34. The summed E-state index contributed by atoms with van der Waals surface area (Å²) in [6.07, 6.45) is 9.82. The van der Waals surface area contributed by atoms with Gasteiger partial charge in [0.15, 0.2) is 0 Å². The van der Waals surface area contributed by atoms with Crippen molar-refractivity contribution in [2.45, 2.75) is 48.8 Å². The molecule has 1 atom stereocenters. The molecule has 0 radical (unpaired) electrons. The van der Waals surface area contributed by atoms with E-state index < -0.39 is 0 Å². The van der Waals surface area contributed by atoms with E-state index in [1.54, 1.807) is 0 Å². The van der Waals surface area contributed by atoms with Gasteiger partial charge in [-0.15, -0.1) is 0 Å². The lowest BCUT2D eigenvalue weighted by atomic mass is 10.1. The van der Waals surface area contributed by atoms with Crippen molar-refractivity contribution in [3.8, 4) is 0 Å². The van der Waals surface area contributed by atoms with Crippen molar-refractivity contribution < 1.29 is 0 Å². The van der Waals surface area contributed by atoms with E-state index in [9.17, 15) is 0 Å². The van der Waals surface area contributed by atoms with Crippen LogP contribution >= 0.6 is 27.7 Å². The molecule has 1 unspecified atom stereocenters. The number of halogens is 1. The molecule has 0 aliphatic carbocycles. The van der Waals surface area contributed by atoms with E-state index in [0.717, 1.165) is 11.1 Å². The Labute approximate surface area is 116 Å². The number of thioether (sulfide) groups is 1. The van der Waals surface area contributed by atoms with Crippen LogP contribution in [0.25, 0.3) is 0 Å². The Bertz CT molecular complexity index is 321. The van der Waals surface area contributed by atoms with E-state index in [4.69, 9.17) is 0 Å². The number of hydrogen-bond acceptors (Lipinski definition) is 3. The molecular formula is C13H19BrN2S. The van der Waals surface area contributed by atoms with Crippen LogP contribution in [0.4, 0.5) is 5.82 Å². The minimum atomic E-state index is 0.538. The number of anilines is 1. The predicted molar refractivity (Wildman–Crippen MR) is 79.0 cm³/mol. The summed E-state index contributed by atoms with van der Waals surface area (Å²) >= 11 is 5.39. The number of hydrogen-bond donors (Lipinski definition) is 1. The summed E-state index contributed by atoms with van der Waals surface area (Å²) in [6.45, 7) is 0. The summed E-state index contributed by atoms with van der Waals surface area (Å²) in [5.74, 6) is 1.07. The monoisotopic (exact) mass is 314 g/mol.